The fraction of sp³-hybridized carbons (Fsp3) is 0.235. The zero-order valence-electron chi connectivity index (χ0n) is 12.4. The summed E-state index contributed by atoms with van der Waals surface area (Å²) in [7, 11) is 0. The Labute approximate surface area is 132 Å². The van der Waals surface area contributed by atoms with Gasteiger partial charge in [0.15, 0.2) is 0 Å². The van der Waals surface area contributed by atoms with E-state index >= 15 is 0 Å². The minimum Gasteiger partial charge on any atom is -0.369 e. The van der Waals surface area contributed by atoms with Gasteiger partial charge in [0.2, 0.25) is 5.95 Å². The third-order valence-corrected chi connectivity index (χ3v) is 4.13. The maximum absolute atomic E-state index is 6.10. The van der Waals surface area contributed by atoms with E-state index in [4.69, 9.17) is 5.73 Å². The van der Waals surface area contributed by atoms with Crippen molar-refractivity contribution in [2.45, 2.75) is 26.2 Å². The monoisotopic (exact) mass is 343 g/mol. The van der Waals surface area contributed by atoms with Crippen LogP contribution >= 0.6 is 15.9 Å². The maximum Gasteiger partial charge on any atom is 0.205 e. The summed E-state index contributed by atoms with van der Waals surface area (Å²) in [6.07, 6.45) is 0. The van der Waals surface area contributed by atoms with Gasteiger partial charge in [-0.3, -0.25) is 4.57 Å². The van der Waals surface area contributed by atoms with Crippen LogP contribution in [0.2, 0.25) is 0 Å². The molecule has 3 aromatic rings. The average Bonchev–Trinajstić information content (AvgIpc) is 2.73. The Morgan fingerprint density at radius 2 is 1.71 bits per heavy atom. The molecule has 3 rings (SSSR count). The Kier molecular flexibility index (Phi) is 3.29. The number of halogens is 1. The fourth-order valence-electron chi connectivity index (χ4n) is 2.45. The number of benzene rings is 2. The summed E-state index contributed by atoms with van der Waals surface area (Å²) in [4.78, 5) is 4.42. The Morgan fingerprint density at radius 1 is 1.05 bits per heavy atom. The Bertz CT molecular complexity index is 795. The molecular weight excluding hydrogens is 326 g/mol. The lowest BCUT2D eigenvalue weighted by Gasteiger charge is -2.19. The van der Waals surface area contributed by atoms with Crippen molar-refractivity contribution in [1.29, 1.82) is 0 Å². The summed E-state index contributed by atoms with van der Waals surface area (Å²) in [5.41, 5.74) is 10.5. The molecule has 21 heavy (non-hydrogen) atoms. The van der Waals surface area contributed by atoms with Gasteiger partial charge in [0.25, 0.3) is 0 Å². The first-order valence-electron chi connectivity index (χ1n) is 6.91. The van der Waals surface area contributed by atoms with Crippen molar-refractivity contribution in [2.75, 3.05) is 5.73 Å². The number of nitrogens with zero attached hydrogens (tertiary/aromatic N) is 2. The molecule has 0 unspecified atom stereocenters. The Morgan fingerprint density at radius 3 is 2.33 bits per heavy atom. The molecular formula is C17H18BrN3. The molecule has 4 heteroatoms. The highest BCUT2D eigenvalue weighted by atomic mass is 79.9. The Hall–Kier alpha value is -1.81. The van der Waals surface area contributed by atoms with Crippen LogP contribution in [0.5, 0.6) is 0 Å². The second-order valence-electron chi connectivity index (χ2n) is 6.24. The minimum absolute atomic E-state index is 0.143. The number of hydrogen-bond acceptors (Lipinski definition) is 2. The first kappa shape index (κ1) is 14.1. The first-order chi connectivity index (χ1) is 9.86. The zero-order chi connectivity index (χ0) is 15.2. The molecule has 0 saturated carbocycles. The van der Waals surface area contributed by atoms with Crippen molar-refractivity contribution in [3.63, 3.8) is 0 Å². The molecule has 0 bridgehead atoms. The normalized spacial score (nSPS) is 12.0. The first-order valence-corrected chi connectivity index (χ1v) is 7.70. The quantitative estimate of drug-likeness (QED) is 0.697. The van der Waals surface area contributed by atoms with E-state index < -0.39 is 0 Å². The van der Waals surface area contributed by atoms with E-state index in [1.165, 1.54) is 5.56 Å². The van der Waals surface area contributed by atoms with Gasteiger partial charge >= 0.3 is 0 Å². The van der Waals surface area contributed by atoms with E-state index in [1.807, 2.05) is 22.8 Å². The molecule has 108 valence electrons. The van der Waals surface area contributed by atoms with Crippen LogP contribution in [0.25, 0.3) is 16.7 Å². The summed E-state index contributed by atoms with van der Waals surface area (Å²) in [6, 6.07) is 14.5. The maximum atomic E-state index is 6.10. The molecule has 1 aromatic heterocycles. The second-order valence-corrected chi connectivity index (χ2v) is 7.15. The third kappa shape index (κ3) is 2.56. The smallest absolute Gasteiger partial charge is 0.205 e. The van der Waals surface area contributed by atoms with Crippen LogP contribution in [0.1, 0.15) is 26.3 Å². The van der Waals surface area contributed by atoms with Crippen LogP contribution in [-0.4, -0.2) is 9.55 Å². The molecule has 0 fully saturated rings. The number of nitrogen functional groups attached to an aromatic ring is 1. The number of imidazole rings is 1. The molecule has 0 aliphatic carbocycles. The van der Waals surface area contributed by atoms with E-state index in [0.717, 1.165) is 21.2 Å². The molecule has 0 amide bonds. The van der Waals surface area contributed by atoms with Crippen LogP contribution in [0.4, 0.5) is 5.95 Å². The van der Waals surface area contributed by atoms with Gasteiger partial charge < -0.3 is 5.73 Å². The zero-order valence-corrected chi connectivity index (χ0v) is 14.0. The van der Waals surface area contributed by atoms with E-state index in [1.54, 1.807) is 0 Å². The van der Waals surface area contributed by atoms with Crippen LogP contribution in [-0.2, 0) is 5.41 Å². The van der Waals surface area contributed by atoms with Crippen molar-refractivity contribution in [2.24, 2.45) is 0 Å². The van der Waals surface area contributed by atoms with Crippen LogP contribution in [0.3, 0.4) is 0 Å². The number of anilines is 1. The molecule has 0 atom stereocenters. The number of fused-ring (bicyclic) bond motifs is 1. The molecule has 0 radical (unpaired) electrons. The summed E-state index contributed by atoms with van der Waals surface area (Å²) >= 11 is 3.50. The van der Waals surface area contributed by atoms with Crippen molar-refractivity contribution in [3.8, 4) is 5.69 Å². The fourth-order valence-corrected chi connectivity index (χ4v) is 2.80. The highest BCUT2D eigenvalue weighted by Crippen LogP contribution is 2.28. The van der Waals surface area contributed by atoms with Gasteiger partial charge in [0, 0.05) is 10.2 Å². The van der Waals surface area contributed by atoms with Gasteiger partial charge in [0.05, 0.1) is 11.0 Å². The lowest BCUT2D eigenvalue weighted by Crippen LogP contribution is -2.11. The van der Waals surface area contributed by atoms with Crippen molar-refractivity contribution in [1.82, 2.24) is 9.55 Å². The predicted molar refractivity (Wildman–Crippen MR) is 91.9 cm³/mol. The highest BCUT2D eigenvalue weighted by Gasteiger charge is 2.15. The van der Waals surface area contributed by atoms with Gasteiger partial charge in [-0.2, -0.15) is 0 Å². The van der Waals surface area contributed by atoms with Crippen molar-refractivity contribution < 1.29 is 0 Å². The highest BCUT2D eigenvalue weighted by molar-refractivity contribution is 9.10. The number of nitrogens with two attached hydrogens (primary N) is 1. The number of aromatic nitrogens is 2. The number of hydrogen-bond donors (Lipinski definition) is 1. The van der Waals surface area contributed by atoms with Gasteiger partial charge in [-0.05, 0) is 41.3 Å². The topological polar surface area (TPSA) is 43.8 Å². The molecule has 0 aliphatic heterocycles. The van der Waals surface area contributed by atoms with Crippen LogP contribution in [0.15, 0.2) is 46.9 Å². The predicted octanol–water partition coefficient (Wildman–Crippen LogP) is 4.67. The van der Waals surface area contributed by atoms with Gasteiger partial charge in [-0.25, -0.2) is 4.98 Å². The molecule has 0 spiro atoms. The summed E-state index contributed by atoms with van der Waals surface area (Å²) in [5.74, 6) is 0.506. The SMILES string of the molecule is CC(C)(C)c1ccc(-n2c(N)nc3ccc(Br)cc32)cc1. The summed E-state index contributed by atoms with van der Waals surface area (Å²) < 4.78 is 2.99. The standard InChI is InChI=1S/C17H18BrN3/c1-17(2,3)11-4-7-13(8-5-11)21-15-10-12(18)6-9-14(15)20-16(21)19/h4-10H,1-3H3,(H2,19,20). The average molecular weight is 344 g/mol. The van der Waals surface area contributed by atoms with E-state index in [9.17, 15) is 0 Å². The van der Waals surface area contributed by atoms with Crippen molar-refractivity contribution >= 4 is 32.9 Å². The molecule has 1 heterocycles. The van der Waals surface area contributed by atoms with E-state index in [2.05, 4.69) is 66.0 Å². The molecule has 0 aliphatic rings. The van der Waals surface area contributed by atoms with E-state index in [-0.39, 0.29) is 5.41 Å². The third-order valence-electron chi connectivity index (χ3n) is 3.63. The van der Waals surface area contributed by atoms with Crippen molar-refractivity contribution in [3.05, 3.63) is 52.5 Å². The summed E-state index contributed by atoms with van der Waals surface area (Å²) in [6.45, 7) is 6.63. The van der Waals surface area contributed by atoms with Crippen LogP contribution in [0, 0.1) is 0 Å². The van der Waals surface area contributed by atoms with Gasteiger partial charge in [0.1, 0.15) is 0 Å². The summed E-state index contributed by atoms with van der Waals surface area (Å²) in [5, 5.41) is 0. The van der Waals surface area contributed by atoms with Crippen LogP contribution < -0.4 is 5.73 Å². The van der Waals surface area contributed by atoms with E-state index in [0.29, 0.717) is 5.95 Å². The molecule has 3 nitrogen and oxygen atoms in total. The largest absolute Gasteiger partial charge is 0.369 e. The minimum atomic E-state index is 0.143. The number of rotatable bonds is 1. The second kappa shape index (κ2) is 4.88. The lowest BCUT2D eigenvalue weighted by atomic mass is 9.87. The lowest BCUT2D eigenvalue weighted by molar-refractivity contribution is 0.590. The molecule has 0 saturated heterocycles. The van der Waals surface area contributed by atoms with Gasteiger partial charge in [-0.1, -0.05) is 48.8 Å². The molecule has 2 aromatic carbocycles. The van der Waals surface area contributed by atoms with Gasteiger partial charge in [-0.15, -0.1) is 0 Å². The molecule has 2 N–H and O–H groups in total. The Balaban J connectivity index is 2.16.